The van der Waals surface area contributed by atoms with Gasteiger partial charge in [0.05, 0.1) is 19.8 Å². The number of alkyl halides is 2. The van der Waals surface area contributed by atoms with Gasteiger partial charge in [0.25, 0.3) is 0 Å². The molecule has 0 saturated heterocycles. The Morgan fingerprint density at radius 3 is 2.67 bits per heavy atom. The number of methoxy groups -OCH3 is 1. The molecule has 5 nitrogen and oxygen atoms in total. The van der Waals surface area contributed by atoms with Crippen LogP contribution in [0, 0.1) is 13.8 Å². The number of carbonyl (C=O) groups is 1. The molecule has 1 amide bonds. The Bertz CT molecular complexity index is 982. The lowest BCUT2D eigenvalue weighted by molar-refractivity contribution is -0.115. The lowest BCUT2D eigenvalue weighted by atomic mass is 10.0. The second kappa shape index (κ2) is 7.65. The molecular weight excluding hydrogens is 356 g/mol. The van der Waals surface area contributed by atoms with Crippen molar-refractivity contribution in [3.05, 3.63) is 53.3 Å². The number of hydrogen-bond acceptors (Lipinski definition) is 4. The number of nitrogens with one attached hydrogen (secondary N) is 1. The molecule has 0 spiro atoms. The minimum absolute atomic E-state index is 0.0898. The topological polar surface area (TPSA) is 60.7 Å². The van der Waals surface area contributed by atoms with E-state index in [1.165, 1.54) is 19.2 Å². The summed E-state index contributed by atoms with van der Waals surface area (Å²) in [6.45, 7) is 0.966. The smallest absolute Gasteiger partial charge is 0.387 e. The minimum Gasteiger partial charge on any atom is -0.493 e. The number of benzene rings is 2. The van der Waals surface area contributed by atoms with E-state index in [2.05, 4.69) is 10.1 Å². The van der Waals surface area contributed by atoms with Crippen LogP contribution >= 0.6 is 0 Å². The van der Waals surface area contributed by atoms with Gasteiger partial charge in [-0.25, -0.2) is 0 Å². The zero-order valence-electron chi connectivity index (χ0n) is 15.1. The number of aryl methyl sites for hydroxylation is 2. The highest BCUT2D eigenvalue weighted by molar-refractivity contribution is 5.96. The van der Waals surface area contributed by atoms with Crippen LogP contribution in [-0.2, 0) is 11.2 Å². The molecule has 3 rings (SSSR count). The van der Waals surface area contributed by atoms with E-state index in [0.717, 1.165) is 27.7 Å². The zero-order chi connectivity index (χ0) is 19.6. The first-order valence-corrected chi connectivity index (χ1v) is 8.28. The summed E-state index contributed by atoms with van der Waals surface area (Å²) in [6, 6.07) is 8.20. The van der Waals surface area contributed by atoms with E-state index in [1.54, 1.807) is 12.3 Å². The van der Waals surface area contributed by atoms with E-state index in [9.17, 15) is 13.6 Å². The highest BCUT2D eigenvalue weighted by atomic mass is 19.3. The summed E-state index contributed by atoms with van der Waals surface area (Å²) < 4.78 is 40.0. The molecule has 3 aromatic rings. The number of carbonyl (C=O) groups excluding carboxylic acids is 1. The van der Waals surface area contributed by atoms with Gasteiger partial charge < -0.3 is 19.2 Å². The molecule has 0 atom stereocenters. The Morgan fingerprint density at radius 2 is 1.96 bits per heavy atom. The molecule has 0 aliphatic heterocycles. The fourth-order valence-corrected chi connectivity index (χ4v) is 2.85. The van der Waals surface area contributed by atoms with Gasteiger partial charge in [-0.15, -0.1) is 0 Å². The number of hydrogen-bond donors (Lipinski definition) is 1. The maximum Gasteiger partial charge on any atom is 0.387 e. The molecule has 1 heterocycles. The molecule has 0 radical (unpaired) electrons. The van der Waals surface area contributed by atoms with Crippen molar-refractivity contribution in [1.29, 1.82) is 0 Å². The fraction of sp³-hybridized carbons (Fsp3) is 0.250. The van der Waals surface area contributed by atoms with Crippen molar-refractivity contribution in [1.82, 2.24) is 0 Å². The van der Waals surface area contributed by atoms with Crippen LogP contribution in [0.3, 0.4) is 0 Å². The van der Waals surface area contributed by atoms with Crippen molar-refractivity contribution in [2.24, 2.45) is 0 Å². The normalized spacial score (nSPS) is 11.0. The average Bonchev–Trinajstić information content (AvgIpc) is 3.01. The second-order valence-electron chi connectivity index (χ2n) is 6.11. The largest absolute Gasteiger partial charge is 0.493 e. The highest BCUT2D eigenvalue weighted by Crippen LogP contribution is 2.32. The standard InChI is InChI=1S/C20H19F2NO4/c1-11-4-6-15-13(10-26-19(15)12(11)2)8-18(24)23-14-5-7-16(25-3)17(9-14)27-20(21)22/h4-7,9-10,20H,8H2,1-3H3,(H,23,24). The van der Waals surface area contributed by atoms with E-state index in [1.807, 2.05) is 26.0 Å². The molecule has 0 unspecified atom stereocenters. The summed E-state index contributed by atoms with van der Waals surface area (Å²) in [5.41, 5.74) is 3.98. The number of halogens is 2. The predicted molar refractivity (Wildman–Crippen MR) is 97.6 cm³/mol. The van der Waals surface area contributed by atoms with Gasteiger partial charge in [-0.1, -0.05) is 12.1 Å². The van der Waals surface area contributed by atoms with Crippen LogP contribution in [0.2, 0.25) is 0 Å². The third kappa shape index (κ3) is 4.02. The molecular formula is C20H19F2NO4. The number of amides is 1. The first-order chi connectivity index (χ1) is 12.9. The molecule has 0 bridgehead atoms. The number of furan rings is 1. The quantitative estimate of drug-likeness (QED) is 0.670. The maximum atomic E-state index is 12.5. The summed E-state index contributed by atoms with van der Waals surface area (Å²) in [5.74, 6) is -0.297. The van der Waals surface area contributed by atoms with Crippen molar-refractivity contribution in [3.63, 3.8) is 0 Å². The third-order valence-corrected chi connectivity index (χ3v) is 4.36. The summed E-state index contributed by atoms with van der Waals surface area (Å²) in [6.07, 6.45) is 1.66. The van der Waals surface area contributed by atoms with Gasteiger partial charge in [0, 0.05) is 22.7 Å². The molecule has 142 valence electrons. The van der Waals surface area contributed by atoms with Gasteiger partial charge in [-0.3, -0.25) is 4.79 Å². The Balaban J connectivity index is 1.77. The molecule has 0 saturated carbocycles. The monoisotopic (exact) mass is 375 g/mol. The zero-order valence-corrected chi connectivity index (χ0v) is 15.1. The number of ether oxygens (including phenoxy) is 2. The van der Waals surface area contributed by atoms with Gasteiger partial charge in [0.15, 0.2) is 11.5 Å². The Morgan fingerprint density at radius 1 is 1.19 bits per heavy atom. The second-order valence-corrected chi connectivity index (χ2v) is 6.11. The van der Waals surface area contributed by atoms with Gasteiger partial charge in [0.2, 0.25) is 5.91 Å². The molecule has 7 heteroatoms. The lowest BCUT2D eigenvalue weighted by Crippen LogP contribution is -2.14. The van der Waals surface area contributed by atoms with Gasteiger partial charge in [-0.2, -0.15) is 8.78 Å². The Hall–Kier alpha value is -3.09. The SMILES string of the molecule is COc1ccc(NC(=O)Cc2coc3c(C)c(C)ccc23)cc1OC(F)F. The summed E-state index contributed by atoms with van der Waals surface area (Å²) >= 11 is 0. The summed E-state index contributed by atoms with van der Waals surface area (Å²) in [7, 11) is 1.35. The van der Waals surface area contributed by atoms with Crippen LogP contribution in [0.4, 0.5) is 14.5 Å². The average molecular weight is 375 g/mol. The summed E-state index contributed by atoms with van der Waals surface area (Å²) in [4.78, 5) is 12.4. The van der Waals surface area contributed by atoms with Crippen molar-refractivity contribution in [2.75, 3.05) is 12.4 Å². The summed E-state index contributed by atoms with van der Waals surface area (Å²) in [5, 5.41) is 3.55. The van der Waals surface area contributed by atoms with Gasteiger partial charge >= 0.3 is 6.61 Å². The van der Waals surface area contributed by atoms with Crippen molar-refractivity contribution < 1.29 is 27.5 Å². The van der Waals surface area contributed by atoms with Crippen molar-refractivity contribution in [3.8, 4) is 11.5 Å². The molecule has 1 N–H and O–H groups in total. The van der Waals surface area contributed by atoms with Crippen LogP contribution in [0.25, 0.3) is 11.0 Å². The first-order valence-electron chi connectivity index (χ1n) is 8.28. The van der Waals surface area contributed by atoms with Gasteiger partial charge in [0.1, 0.15) is 5.58 Å². The van der Waals surface area contributed by atoms with E-state index >= 15 is 0 Å². The third-order valence-electron chi connectivity index (χ3n) is 4.36. The Labute approximate surface area is 154 Å². The Kier molecular flexibility index (Phi) is 5.30. The number of fused-ring (bicyclic) bond motifs is 1. The lowest BCUT2D eigenvalue weighted by Gasteiger charge is -2.12. The first kappa shape index (κ1) is 18.7. The fourth-order valence-electron chi connectivity index (χ4n) is 2.85. The minimum atomic E-state index is -2.99. The van der Waals surface area contributed by atoms with Crippen LogP contribution in [0.15, 0.2) is 41.0 Å². The number of rotatable bonds is 6. The van der Waals surface area contributed by atoms with Crippen LogP contribution in [0.1, 0.15) is 16.7 Å². The molecule has 27 heavy (non-hydrogen) atoms. The molecule has 0 aliphatic rings. The number of anilines is 1. The van der Waals surface area contributed by atoms with E-state index in [0.29, 0.717) is 5.69 Å². The van der Waals surface area contributed by atoms with Crippen LogP contribution in [-0.4, -0.2) is 19.6 Å². The van der Waals surface area contributed by atoms with Gasteiger partial charge in [-0.05, 0) is 37.1 Å². The van der Waals surface area contributed by atoms with Crippen molar-refractivity contribution >= 4 is 22.6 Å². The van der Waals surface area contributed by atoms with E-state index in [4.69, 9.17) is 9.15 Å². The highest BCUT2D eigenvalue weighted by Gasteiger charge is 2.15. The molecule has 0 fully saturated rings. The predicted octanol–water partition coefficient (Wildman–Crippen LogP) is 4.84. The van der Waals surface area contributed by atoms with Crippen molar-refractivity contribution in [2.45, 2.75) is 26.9 Å². The van der Waals surface area contributed by atoms with Crippen LogP contribution < -0.4 is 14.8 Å². The molecule has 1 aromatic heterocycles. The molecule has 0 aliphatic carbocycles. The van der Waals surface area contributed by atoms with E-state index in [-0.39, 0.29) is 23.8 Å². The van der Waals surface area contributed by atoms with E-state index < -0.39 is 6.61 Å². The van der Waals surface area contributed by atoms with Crippen LogP contribution in [0.5, 0.6) is 11.5 Å². The molecule has 2 aromatic carbocycles. The maximum absolute atomic E-state index is 12.5.